The number of carboxylic acids is 2. The molecule has 0 saturated carbocycles. The van der Waals surface area contributed by atoms with Crippen molar-refractivity contribution in [2.75, 3.05) is 13.2 Å². The van der Waals surface area contributed by atoms with Crippen molar-refractivity contribution in [2.24, 2.45) is 0 Å². The van der Waals surface area contributed by atoms with Gasteiger partial charge >= 0.3 is 18.0 Å². The van der Waals surface area contributed by atoms with E-state index in [-0.39, 0.29) is 5.69 Å². The molecule has 2 aromatic rings. The average Bonchev–Trinajstić information content (AvgIpc) is 2.82. The maximum absolute atomic E-state index is 12.4. The van der Waals surface area contributed by atoms with Crippen molar-refractivity contribution in [3.05, 3.63) is 48.2 Å². The van der Waals surface area contributed by atoms with Crippen molar-refractivity contribution in [1.29, 1.82) is 0 Å². The standard InChI is InChI=1S/C26H33N3O8/c1-26(2,3)37-25(35)27-14-5-4-6-15-36-18-12-10-17(11-13-18)19-8-7-9-20(28-19)23(32)29-21(24(33)34)16-22(30)31/h7-13,21H,4-6,14-16H2,1-3H3,(H,27,35)(H,29,32)(H,30,31)(H,33,34)/t21-/m0/s1. The number of alkyl carbamates (subject to hydrolysis) is 1. The summed E-state index contributed by atoms with van der Waals surface area (Å²) in [6, 6.07) is 10.3. The normalized spacial score (nSPS) is 11.8. The number of hydrogen-bond donors (Lipinski definition) is 4. The number of benzene rings is 1. The lowest BCUT2D eigenvalue weighted by Crippen LogP contribution is -2.42. The predicted molar refractivity (Wildman–Crippen MR) is 134 cm³/mol. The zero-order valence-electron chi connectivity index (χ0n) is 21.2. The number of unbranched alkanes of at least 4 members (excludes halogenated alkanes) is 2. The Morgan fingerprint density at radius 1 is 0.973 bits per heavy atom. The van der Waals surface area contributed by atoms with Gasteiger partial charge in [-0.3, -0.25) is 9.59 Å². The first-order valence-corrected chi connectivity index (χ1v) is 11.9. The minimum atomic E-state index is -1.56. The Balaban J connectivity index is 1.81. The van der Waals surface area contributed by atoms with Crippen molar-refractivity contribution >= 4 is 23.9 Å². The molecule has 0 unspecified atom stereocenters. The second-order valence-corrected chi connectivity index (χ2v) is 9.23. The van der Waals surface area contributed by atoms with Crippen molar-refractivity contribution < 1.29 is 38.9 Å². The highest BCUT2D eigenvalue weighted by Gasteiger charge is 2.24. The summed E-state index contributed by atoms with van der Waals surface area (Å²) in [7, 11) is 0. The van der Waals surface area contributed by atoms with Gasteiger partial charge in [0, 0.05) is 12.1 Å². The van der Waals surface area contributed by atoms with Crippen molar-refractivity contribution in [3.63, 3.8) is 0 Å². The summed E-state index contributed by atoms with van der Waals surface area (Å²) in [6.45, 7) is 6.49. The van der Waals surface area contributed by atoms with Gasteiger partial charge in [-0.2, -0.15) is 0 Å². The molecule has 0 fully saturated rings. The number of hydrogen-bond acceptors (Lipinski definition) is 7. The fourth-order valence-electron chi connectivity index (χ4n) is 3.15. The summed E-state index contributed by atoms with van der Waals surface area (Å²) in [4.78, 5) is 50.3. The first-order chi connectivity index (χ1) is 17.4. The lowest BCUT2D eigenvalue weighted by atomic mass is 10.1. The molecule has 1 aromatic carbocycles. The van der Waals surface area contributed by atoms with E-state index >= 15 is 0 Å². The third kappa shape index (κ3) is 11.0. The van der Waals surface area contributed by atoms with Gasteiger partial charge in [-0.15, -0.1) is 0 Å². The SMILES string of the molecule is CC(C)(C)OC(=O)NCCCCCOc1ccc(-c2cccc(C(=O)N[C@@H](CC(=O)O)C(=O)O)n2)cc1. The maximum atomic E-state index is 12.4. The fraction of sp³-hybridized carbons (Fsp3) is 0.423. The van der Waals surface area contributed by atoms with E-state index < -0.39 is 42.0 Å². The molecule has 0 bridgehead atoms. The minimum absolute atomic E-state index is 0.0318. The zero-order chi connectivity index (χ0) is 27.4. The van der Waals surface area contributed by atoms with Gasteiger partial charge in [0.25, 0.3) is 5.91 Å². The highest BCUT2D eigenvalue weighted by Crippen LogP contribution is 2.21. The van der Waals surface area contributed by atoms with Gasteiger partial charge in [0.15, 0.2) is 0 Å². The van der Waals surface area contributed by atoms with Gasteiger partial charge in [-0.25, -0.2) is 14.6 Å². The van der Waals surface area contributed by atoms with E-state index in [2.05, 4.69) is 15.6 Å². The van der Waals surface area contributed by atoms with Crippen molar-refractivity contribution in [2.45, 2.75) is 58.1 Å². The smallest absolute Gasteiger partial charge is 0.407 e. The molecule has 2 rings (SSSR count). The molecule has 37 heavy (non-hydrogen) atoms. The predicted octanol–water partition coefficient (Wildman–Crippen LogP) is 3.48. The molecule has 1 atom stereocenters. The molecule has 1 heterocycles. The van der Waals surface area contributed by atoms with Gasteiger partial charge in [0.2, 0.25) is 0 Å². The van der Waals surface area contributed by atoms with E-state index in [4.69, 9.17) is 19.7 Å². The lowest BCUT2D eigenvalue weighted by Gasteiger charge is -2.19. The Kier molecular flexibility index (Phi) is 10.9. The first-order valence-electron chi connectivity index (χ1n) is 11.9. The van der Waals surface area contributed by atoms with Gasteiger partial charge < -0.3 is 30.3 Å². The summed E-state index contributed by atoms with van der Waals surface area (Å²) in [5, 5.41) is 22.8. The van der Waals surface area contributed by atoms with E-state index in [9.17, 15) is 19.2 Å². The number of aliphatic carboxylic acids is 2. The summed E-state index contributed by atoms with van der Waals surface area (Å²) in [6.07, 6.45) is 1.33. The Labute approximate surface area is 215 Å². The minimum Gasteiger partial charge on any atom is -0.494 e. The van der Waals surface area contributed by atoms with E-state index in [0.29, 0.717) is 24.6 Å². The van der Waals surface area contributed by atoms with Crippen molar-refractivity contribution in [1.82, 2.24) is 15.6 Å². The number of aromatic nitrogens is 1. The van der Waals surface area contributed by atoms with Gasteiger partial charge in [-0.1, -0.05) is 6.07 Å². The van der Waals surface area contributed by atoms with Crippen LogP contribution in [0.3, 0.4) is 0 Å². The second-order valence-electron chi connectivity index (χ2n) is 9.23. The molecule has 0 spiro atoms. The zero-order valence-corrected chi connectivity index (χ0v) is 21.2. The molecule has 200 valence electrons. The molecule has 0 aliphatic carbocycles. The molecule has 4 N–H and O–H groups in total. The van der Waals surface area contributed by atoms with Crippen LogP contribution in [-0.2, 0) is 14.3 Å². The molecule has 2 amide bonds. The summed E-state index contributed by atoms with van der Waals surface area (Å²) in [5.74, 6) is -2.90. The molecular weight excluding hydrogens is 482 g/mol. The summed E-state index contributed by atoms with van der Waals surface area (Å²) in [5.41, 5.74) is 0.656. The number of pyridine rings is 1. The van der Waals surface area contributed by atoms with Crippen LogP contribution in [0.25, 0.3) is 11.3 Å². The Hall–Kier alpha value is -4.15. The van der Waals surface area contributed by atoms with Crippen LogP contribution in [-0.4, -0.2) is 63.9 Å². The van der Waals surface area contributed by atoms with Crippen LogP contribution >= 0.6 is 0 Å². The Morgan fingerprint density at radius 2 is 1.68 bits per heavy atom. The Bertz CT molecular complexity index is 1080. The van der Waals surface area contributed by atoms with E-state index in [0.717, 1.165) is 24.8 Å². The summed E-state index contributed by atoms with van der Waals surface area (Å²) >= 11 is 0. The number of nitrogens with zero attached hydrogens (tertiary/aromatic N) is 1. The third-order valence-corrected chi connectivity index (χ3v) is 4.87. The summed E-state index contributed by atoms with van der Waals surface area (Å²) < 4.78 is 10.9. The maximum Gasteiger partial charge on any atom is 0.407 e. The molecule has 0 aliphatic rings. The van der Waals surface area contributed by atoms with Gasteiger partial charge in [0.05, 0.1) is 18.7 Å². The molecule has 11 heteroatoms. The second kappa shape index (κ2) is 13.8. The topological polar surface area (TPSA) is 164 Å². The van der Waals surface area contributed by atoms with E-state index in [1.807, 2.05) is 20.8 Å². The van der Waals surface area contributed by atoms with E-state index in [1.54, 1.807) is 36.4 Å². The van der Waals surface area contributed by atoms with Gasteiger partial charge in [0.1, 0.15) is 23.1 Å². The number of rotatable bonds is 13. The van der Waals surface area contributed by atoms with Crippen LogP contribution in [0.4, 0.5) is 4.79 Å². The molecule has 11 nitrogen and oxygen atoms in total. The molecule has 1 aromatic heterocycles. The van der Waals surface area contributed by atoms with Crippen LogP contribution in [0.15, 0.2) is 42.5 Å². The van der Waals surface area contributed by atoms with E-state index in [1.165, 1.54) is 6.07 Å². The highest BCUT2D eigenvalue weighted by atomic mass is 16.6. The van der Waals surface area contributed by atoms with Crippen LogP contribution < -0.4 is 15.4 Å². The van der Waals surface area contributed by atoms with Gasteiger partial charge in [-0.05, 0) is 76.4 Å². The molecule has 0 aliphatic heterocycles. The average molecular weight is 516 g/mol. The molecule has 0 radical (unpaired) electrons. The number of carbonyl (C=O) groups is 4. The monoisotopic (exact) mass is 515 g/mol. The number of amides is 2. The number of ether oxygens (including phenoxy) is 2. The quantitative estimate of drug-likeness (QED) is 0.292. The molecular formula is C26H33N3O8. The Morgan fingerprint density at radius 3 is 2.30 bits per heavy atom. The lowest BCUT2D eigenvalue weighted by molar-refractivity contribution is -0.145. The number of carbonyl (C=O) groups excluding carboxylic acids is 2. The fourth-order valence-corrected chi connectivity index (χ4v) is 3.15. The van der Waals surface area contributed by atoms with Crippen LogP contribution in [0.5, 0.6) is 5.75 Å². The first kappa shape index (κ1) is 29.1. The number of carboxylic acid groups (broad SMARTS) is 2. The highest BCUT2D eigenvalue weighted by molar-refractivity contribution is 5.96. The van der Waals surface area contributed by atoms with Crippen molar-refractivity contribution in [3.8, 4) is 17.0 Å². The van der Waals surface area contributed by atoms with Crippen LogP contribution in [0.2, 0.25) is 0 Å². The van der Waals surface area contributed by atoms with Crippen LogP contribution in [0, 0.1) is 0 Å². The van der Waals surface area contributed by atoms with Crippen LogP contribution in [0.1, 0.15) is 56.9 Å². The third-order valence-electron chi connectivity index (χ3n) is 4.87. The largest absolute Gasteiger partial charge is 0.494 e. The number of nitrogens with one attached hydrogen (secondary N) is 2. The molecule has 0 saturated heterocycles.